The van der Waals surface area contributed by atoms with Gasteiger partial charge in [0.1, 0.15) is 11.5 Å². The zero-order valence-corrected chi connectivity index (χ0v) is 18.8. The highest BCUT2D eigenvalue weighted by Gasteiger charge is 2.21. The number of anilines is 1. The third-order valence-corrected chi connectivity index (χ3v) is 5.31. The van der Waals surface area contributed by atoms with Gasteiger partial charge in [-0.1, -0.05) is 26.8 Å². The van der Waals surface area contributed by atoms with Gasteiger partial charge in [-0.05, 0) is 59.4 Å². The number of carbonyl (C=O) groups excluding carboxylic acids is 1. The number of nitrogens with zero attached hydrogens (tertiary/aromatic N) is 4. The number of aromatic nitrogens is 2. The molecule has 0 spiro atoms. The molecule has 1 aliphatic rings. The summed E-state index contributed by atoms with van der Waals surface area (Å²) in [5.74, 6) is 0.793. The van der Waals surface area contributed by atoms with Gasteiger partial charge in [0.25, 0.3) is 0 Å². The fraction of sp³-hybridized carbons (Fsp3) is 0.500. The molecule has 28 heavy (non-hydrogen) atoms. The molecule has 0 atom stereocenters. The van der Waals surface area contributed by atoms with Crippen LogP contribution < -0.4 is 4.90 Å². The Morgan fingerprint density at radius 2 is 2.00 bits per heavy atom. The third kappa shape index (κ3) is 5.39. The Morgan fingerprint density at radius 1 is 1.21 bits per heavy atom. The quantitative estimate of drug-likeness (QED) is 0.642. The highest BCUT2D eigenvalue weighted by Crippen LogP contribution is 2.21. The summed E-state index contributed by atoms with van der Waals surface area (Å²) in [5.41, 5.74) is 2.07. The van der Waals surface area contributed by atoms with E-state index in [2.05, 4.69) is 51.5 Å². The fourth-order valence-electron chi connectivity index (χ4n) is 3.63. The van der Waals surface area contributed by atoms with E-state index in [0.29, 0.717) is 22.4 Å². The predicted molar refractivity (Wildman–Crippen MR) is 119 cm³/mol. The van der Waals surface area contributed by atoms with Gasteiger partial charge in [0, 0.05) is 49.5 Å². The molecule has 152 valence electrons. The molecule has 0 saturated carbocycles. The van der Waals surface area contributed by atoms with E-state index in [1.165, 1.54) is 0 Å². The molecule has 1 fully saturated rings. The molecule has 0 N–H and O–H groups in total. The van der Waals surface area contributed by atoms with Gasteiger partial charge in [0.2, 0.25) is 5.78 Å². The van der Waals surface area contributed by atoms with E-state index in [-0.39, 0.29) is 7.21 Å². The Labute approximate surface area is 177 Å². The van der Waals surface area contributed by atoms with Crippen LogP contribution in [-0.4, -0.2) is 53.4 Å². The second kappa shape index (κ2) is 8.70. The van der Waals surface area contributed by atoms with Crippen LogP contribution in [0, 0.1) is 12.3 Å². The summed E-state index contributed by atoms with van der Waals surface area (Å²) in [4.78, 5) is 26.8. The van der Waals surface area contributed by atoms with Gasteiger partial charge in [-0.2, -0.15) is 0 Å². The molecule has 5 nitrogen and oxygen atoms in total. The van der Waals surface area contributed by atoms with Crippen LogP contribution in [0.5, 0.6) is 0 Å². The summed E-state index contributed by atoms with van der Waals surface area (Å²) in [6.45, 7) is 13.8. The Kier molecular flexibility index (Phi) is 6.50. The van der Waals surface area contributed by atoms with Crippen molar-refractivity contribution < 1.29 is 6.22 Å². The van der Waals surface area contributed by atoms with E-state index in [1.807, 2.05) is 25.1 Å². The second-order valence-corrected chi connectivity index (χ2v) is 9.59. The van der Waals surface area contributed by atoms with E-state index in [9.17, 15) is 4.79 Å². The first kappa shape index (κ1) is 20.9. The van der Waals surface area contributed by atoms with Crippen LogP contribution in [0.2, 0.25) is 0 Å². The molecule has 0 aromatic carbocycles. The van der Waals surface area contributed by atoms with Crippen LogP contribution in [0.1, 0.15) is 50.4 Å². The minimum atomic E-state index is -0.0858. The van der Waals surface area contributed by atoms with Crippen molar-refractivity contribution >= 4 is 27.5 Å². The summed E-state index contributed by atoms with van der Waals surface area (Å²) < 4.78 is 0.795. The smallest absolute Gasteiger partial charge is 0.213 e. The summed E-state index contributed by atoms with van der Waals surface area (Å²) >= 11 is 3.40. The lowest BCUT2D eigenvalue weighted by atomic mass is 9.96. The highest BCUT2D eigenvalue weighted by molar-refractivity contribution is 9.10. The van der Waals surface area contributed by atoms with Crippen LogP contribution >= 0.6 is 15.9 Å². The fourth-order valence-corrected chi connectivity index (χ4v) is 3.96. The molecule has 3 heterocycles. The maximum absolute atomic E-state index is 13.0. The Morgan fingerprint density at radius 3 is 2.75 bits per heavy atom. The zero-order valence-electron chi connectivity index (χ0n) is 17.2. The average molecular weight is 447 g/mol. The minimum Gasteiger partial charge on any atom is -0.355 e. The van der Waals surface area contributed by atoms with Gasteiger partial charge >= 0.3 is 0 Å². The summed E-state index contributed by atoms with van der Waals surface area (Å²) in [7, 11) is 0. The number of hydrogen-bond donors (Lipinski definition) is 0. The van der Waals surface area contributed by atoms with Gasteiger partial charge in [-0.3, -0.25) is 9.78 Å². The highest BCUT2D eigenvalue weighted by atomic mass is 79.9. The number of aryl methyl sites for hydroxylation is 1. The van der Waals surface area contributed by atoms with Crippen molar-refractivity contribution in [2.75, 3.05) is 37.6 Å². The van der Waals surface area contributed by atoms with Crippen molar-refractivity contribution in [2.24, 2.45) is 5.41 Å². The van der Waals surface area contributed by atoms with Gasteiger partial charge < -0.3 is 9.80 Å². The lowest BCUT2D eigenvalue weighted by molar-refractivity contribution is 0.103. The number of rotatable bonds is 4. The largest absolute Gasteiger partial charge is 0.355 e. The maximum Gasteiger partial charge on any atom is 0.213 e. The van der Waals surface area contributed by atoms with Gasteiger partial charge in [0.05, 0.1) is 0 Å². The van der Waals surface area contributed by atoms with E-state index in [1.54, 1.807) is 12.3 Å². The second-order valence-electron chi connectivity index (χ2n) is 8.67. The molecule has 0 radical (unpaired) electrons. The molecule has 3 rings (SSSR count). The normalized spacial score (nSPS) is 16.1. The first-order valence-electron chi connectivity index (χ1n) is 9.84. The number of carbonyl (C=O) groups is 1. The number of hydrogen-bond acceptors (Lipinski definition) is 5. The molecule has 0 bridgehead atoms. The third-order valence-electron chi connectivity index (χ3n) is 4.88. The van der Waals surface area contributed by atoms with E-state index >= 15 is 0 Å². The molecule has 2 aromatic rings. The van der Waals surface area contributed by atoms with Gasteiger partial charge in [0.15, 0.2) is 0 Å². The van der Waals surface area contributed by atoms with Crippen molar-refractivity contribution in [3.63, 3.8) is 0 Å². The Balaban J connectivity index is 0.00000300. The van der Waals surface area contributed by atoms with Gasteiger partial charge in [-0.25, -0.2) is 4.98 Å². The van der Waals surface area contributed by atoms with Crippen molar-refractivity contribution in [2.45, 2.75) is 34.1 Å². The molecule has 0 amide bonds. The predicted octanol–water partition coefficient (Wildman–Crippen LogP) is 4.58. The van der Waals surface area contributed by atoms with E-state index in [4.69, 9.17) is 4.98 Å². The summed E-state index contributed by atoms with van der Waals surface area (Å²) in [6.07, 6.45) is 2.81. The molecule has 0 aliphatic carbocycles. The molecule has 6 heteroatoms. The molecule has 2 aromatic heterocycles. The molecule has 1 aliphatic heterocycles. The van der Waals surface area contributed by atoms with Crippen molar-refractivity contribution in [3.05, 3.63) is 51.9 Å². The lowest BCUT2D eigenvalue weighted by Gasteiger charge is -2.29. The summed E-state index contributed by atoms with van der Waals surface area (Å²) in [6, 6.07) is 7.53. The topological polar surface area (TPSA) is 49.3 Å². The van der Waals surface area contributed by atoms with Gasteiger partial charge in [-0.15, -0.1) is 0 Å². The maximum atomic E-state index is 13.0. The Hall–Kier alpha value is -1.79. The standard InChI is InChI=1S/C22H29BrN4O.H2/c1-16-18(13-17(23)14-24-16)21(28)19-7-5-8-20(25-19)27-10-6-9-26(11-12-27)15-22(2,3)4;/h5,7-8,13-14H,6,9-12,15H2,1-4H3;1H. The van der Waals surface area contributed by atoms with Crippen LogP contribution in [0.25, 0.3) is 0 Å². The van der Waals surface area contributed by atoms with Crippen molar-refractivity contribution in [1.82, 2.24) is 14.9 Å². The van der Waals surface area contributed by atoms with Crippen molar-refractivity contribution in [1.29, 1.82) is 0 Å². The molecule has 1 saturated heterocycles. The van der Waals surface area contributed by atoms with Crippen LogP contribution in [0.15, 0.2) is 34.9 Å². The first-order chi connectivity index (χ1) is 13.2. The zero-order chi connectivity index (χ0) is 20.3. The number of halogens is 1. The van der Waals surface area contributed by atoms with Crippen LogP contribution in [-0.2, 0) is 0 Å². The average Bonchev–Trinajstić information content (AvgIpc) is 2.87. The lowest BCUT2D eigenvalue weighted by Crippen LogP contribution is -2.36. The molecular formula is C22H31BrN4O. The first-order valence-corrected chi connectivity index (χ1v) is 10.6. The Bertz CT molecular complexity index is 853. The molecule has 0 unspecified atom stereocenters. The minimum absolute atomic E-state index is 0. The van der Waals surface area contributed by atoms with Crippen molar-refractivity contribution in [3.8, 4) is 0 Å². The monoisotopic (exact) mass is 446 g/mol. The number of ketones is 1. The SMILES string of the molecule is Cc1ncc(Br)cc1C(=O)c1cccc(N2CCCN(CC(C)(C)C)CC2)n1.[HH]. The number of pyridine rings is 2. The van der Waals surface area contributed by atoms with Crippen LogP contribution in [0.4, 0.5) is 5.82 Å². The van der Waals surface area contributed by atoms with Crippen LogP contribution in [0.3, 0.4) is 0 Å². The van der Waals surface area contributed by atoms with E-state index < -0.39 is 0 Å². The molecular weight excluding hydrogens is 416 g/mol. The summed E-state index contributed by atoms with van der Waals surface area (Å²) in [5, 5.41) is 0. The van der Waals surface area contributed by atoms with E-state index in [0.717, 1.165) is 49.4 Å².